The van der Waals surface area contributed by atoms with Crippen molar-refractivity contribution < 1.29 is 50.7 Å². The van der Waals surface area contributed by atoms with E-state index in [-0.39, 0.29) is 58.6 Å². The largest absolute Gasteiger partial charge is 4.00 e. The first-order valence-corrected chi connectivity index (χ1v) is 9.63. The normalized spacial score (nSPS) is 9.29. The molecule has 0 bridgehead atoms. The Labute approximate surface area is 179 Å². The van der Waals surface area contributed by atoms with Crippen LogP contribution < -0.4 is 30.1 Å². The summed E-state index contributed by atoms with van der Waals surface area (Å²) in [5.41, 5.74) is 0. The zero-order valence-corrected chi connectivity index (χ0v) is 20.4. The van der Waals surface area contributed by atoms with Gasteiger partial charge in [0.15, 0.2) is 0 Å². The van der Waals surface area contributed by atoms with E-state index in [0.29, 0.717) is 0 Å². The Bertz CT molecular complexity index is 563. The molecular formula is C20H25Cl2HfP. The van der Waals surface area contributed by atoms with Crippen LogP contribution >= 0.6 is 7.92 Å². The van der Waals surface area contributed by atoms with Crippen molar-refractivity contribution in [1.82, 2.24) is 0 Å². The second-order valence-corrected chi connectivity index (χ2v) is 7.78. The van der Waals surface area contributed by atoms with Crippen LogP contribution in [0.1, 0.15) is 26.7 Å². The summed E-state index contributed by atoms with van der Waals surface area (Å²) in [6.07, 6.45) is 5.40. The summed E-state index contributed by atoms with van der Waals surface area (Å²) in [5, 5.41) is 4.44. The second kappa shape index (κ2) is 15.3. The Morgan fingerprint density at radius 1 is 0.875 bits per heavy atom. The molecule has 0 fully saturated rings. The van der Waals surface area contributed by atoms with Crippen LogP contribution in [0.4, 0.5) is 0 Å². The van der Waals surface area contributed by atoms with Crippen LogP contribution in [-0.4, -0.2) is 12.3 Å². The summed E-state index contributed by atoms with van der Waals surface area (Å²) >= 11 is 0. The molecule has 128 valence electrons. The predicted molar refractivity (Wildman–Crippen MR) is 98.4 cm³/mol. The van der Waals surface area contributed by atoms with Crippen LogP contribution in [-0.2, 0) is 25.8 Å². The van der Waals surface area contributed by atoms with Crippen molar-refractivity contribution in [3.05, 3.63) is 66.7 Å². The Hall–Kier alpha value is 0.0601. The molecule has 0 aliphatic heterocycles. The maximum Gasteiger partial charge on any atom is 4.00 e. The van der Waals surface area contributed by atoms with Gasteiger partial charge < -0.3 is 24.8 Å². The van der Waals surface area contributed by atoms with Gasteiger partial charge in [-0.15, -0.1) is 40.3 Å². The monoisotopic (exact) mass is 546 g/mol. The van der Waals surface area contributed by atoms with Crippen molar-refractivity contribution in [2.45, 2.75) is 26.7 Å². The van der Waals surface area contributed by atoms with Crippen LogP contribution in [0.25, 0.3) is 10.8 Å². The van der Waals surface area contributed by atoms with Crippen LogP contribution in [0.3, 0.4) is 0 Å². The second-order valence-electron chi connectivity index (χ2n) is 5.29. The van der Waals surface area contributed by atoms with Gasteiger partial charge in [-0.05, 0) is 12.3 Å². The molecule has 0 spiro atoms. The van der Waals surface area contributed by atoms with Crippen molar-refractivity contribution in [2.75, 3.05) is 12.3 Å². The van der Waals surface area contributed by atoms with Crippen molar-refractivity contribution in [3.8, 4) is 0 Å². The first-order chi connectivity index (χ1) is 10.3. The maximum atomic E-state index is 2.41. The molecule has 0 aliphatic carbocycles. The fourth-order valence-electron chi connectivity index (χ4n) is 2.55. The minimum Gasteiger partial charge on any atom is -1.00 e. The summed E-state index contributed by atoms with van der Waals surface area (Å²) < 4.78 is 0. The van der Waals surface area contributed by atoms with Gasteiger partial charge in [-0.3, -0.25) is 0 Å². The van der Waals surface area contributed by atoms with Gasteiger partial charge in [0.2, 0.25) is 0 Å². The molecule has 0 nitrogen and oxygen atoms in total. The van der Waals surface area contributed by atoms with E-state index in [2.05, 4.69) is 50.2 Å². The molecule has 0 atom stereocenters. The molecule has 0 amide bonds. The summed E-state index contributed by atoms with van der Waals surface area (Å²) in [6.45, 7) is 4.60. The van der Waals surface area contributed by atoms with Gasteiger partial charge >= 0.3 is 25.8 Å². The minimum atomic E-state index is 0. The van der Waals surface area contributed by atoms with Gasteiger partial charge in [-0.1, -0.05) is 40.7 Å². The standard InChI is InChI=1S/C15H20P.C5H5.2ClH.Hf/c1-3-9-16(10-4-2)15-11-13-7-5-6-8-14(13)12-15;1-2-4-5-3-1;;;/h5-8,11-12H,3-4,9-10H2,1-2H3;1-5H;2*1H;/q2*-1;;;+4/p-2. The van der Waals surface area contributed by atoms with Crippen molar-refractivity contribution >= 4 is 24.0 Å². The summed E-state index contributed by atoms with van der Waals surface area (Å²) in [4.78, 5) is 0. The molecule has 24 heavy (non-hydrogen) atoms. The van der Waals surface area contributed by atoms with Gasteiger partial charge in [-0.2, -0.15) is 24.3 Å². The number of benzene rings is 1. The van der Waals surface area contributed by atoms with Gasteiger partial charge in [0.25, 0.3) is 0 Å². The Kier molecular flexibility index (Phi) is 16.8. The average molecular weight is 546 g/mol. The molecule has 3 aromatic rings. The molecule has 0 unspecified atom stereocenters. The van der Waals surface area contributed by atoms with Crippen LogP contribution in [0.2, 0.25) is 0 Å². The molecule has 0 aliphatic rings. The van der Waals surface area contributed by atoms with E-state index < -0.39 is 0 Å². The van der Waals surface area contributed by atoms with Crippen LogP contribution in [0, 0.1) is 0 Å². The SMILES string of the molecule is CCCP(CCC)c1cc2ccccc2[cH-]1.[Cl-].[Cl-].[Hf+4].c1cc[cH-]c1. The van der Waals surface area contributed by atoms with E-state index in [1.807, 2.05) is 30.3 Å². The van der Waals surface area contributed by atoms with Gasteiger partial charge in [0.05, 0.1) is 0 Å². The quantitative estimate of drug-likeness (QED) is 0.239. The zero-order valence-electron chi connectivity index (χ0n) is 14.4. The molecule has 3 rings (SSSR count). The average Bonchev–Trinajstić information content (AvgIpc) is 3.19. The first-order valence-electron chi connectivity index (χ1n) is 7.92. The number of hydrogen-bond donors (Lipinski definition) is 0. The number of fused-ring (bicyclic) bond motifs is 1. The van der Waals surface area contributed by atoms with Crippen molar-refractivity contribution in [3.63, 3.8) is 0 Å². The van der Waals surface area contributed by atoms with E-state index >= 15 is 0 Å². The van der Waals surface area contributed by atoms with Crippen molar-refractivity contribution in [2.24, 2.45) is 0 Å². The van der Waals surface area contributed by atoms with E-state index in [1.54, 1.807) is 5.30 Å². The molecule has 0 saturated carbocycles. The number of hydrogen-bond acceptors (Lipinski definition) is 0. The topological polar surface area (TPSA) is 0 Å². The van der Waals surface area contributed by atoms with Crippen LogP contribution in [0.15, 0.2) is 66.7 Å². The van der Waals surface area contributed by atoms with Crippen molar-refractivity contribution in [1.29, 1.82) is 0 Å². The van der Waals surface area contributed by atoms with Crippen LogP contribution in [0.5, 0.6) is 0 Å². The first kappa shape index (κ1) is 26.3. The third-order valence-electron chi connectivity index (χ3n) is 3.51. The maximum absolute atomic E-state index is 2.41. The Morgan fingerprint density at radius 2 is 1.46 bits per heavy atom. The molecule has 0 aromatic heterocycles. The Balaban J connectivity index is 0. The Morgan fingerprint density at radius 3 is 1.92 bits per heavy atom. The van der Waals surface area contributed by atoms with Gasteiger partial charge in [-0.25, -0.2) is 12.1 Å². The van der Waals surface area contributed by atoms with Gasteiger partial charge in [0, 0.05) is 0 Å². The van der Waals surface area contributed by atoms with E-state index in [1.165, 1.54) is 35.9 Å². The molecular weight excluding hydrogens is 521 g/mol. The third-order valence-corrected chi connectivity index (χ3v) is 6.47. The third kappa shape index (κ3) is 8.43. The van der Waals surface area contributed by atoms with E-state index in [9.17, 15) is 0 Å². The van der Waals surface area contributed by atoms with E-state index in [4.69, 9.17) is 0 Å². The summed E-state index contributed by atoms with van der Waals surface area (Å²) in [5.74, 6) is 0. The zero-order chi connectivity index (χ0) is 14.9. The fraction of sp³-hybridized carbons (Fsp3) is 0.300. The number of rotatable bonds is 5. The molecule has 0 saturated heterocycles. The minimum absolute atomic E-state index is 0. The summed E-state index contributed by atoms with van der Waals surface area (Å²) in [7, 11) is 0.0972. The molecule has 0 radical (unpaired) electrons. The number of halogens is 2. The molecule has 4 heteroatoms. The predicted octanol–water partition coefficient (Wildman–Crippen LogP) is -0.103. The fourth-order valence-corrected chi connectivity index (χ4v) is 5.01. The smallest absolute Gasteiger partial charge is 1.00 e. The summed E-state index contributed by atoms with van der Waals surface area (Å²) in [6, 6.07) is 23.5. The molecule has 3 aromatic carbocycles. The molecule has 0 N–H and O–H groups in total. The van der Waals surface area contributed by atoms with E-state index in [0.717, 1.165) is 0 Å². The van der Waals surface area contributed by atoms with Gasteiger partial charge in [0.1, 0.15) is 0 Å². The molecule has 0 heterocycles.